The van der Waals surface area contributed by atoms with Crippen molar-refractivity contribution < 1.29 is 27.8 Å². The summed E-state index contributed by atoms with van der Waals surface area (Å²) in [6.45, 7) is -0.0145. The molecule has 8 heteroatoms. The maximum atomic E-state index is 12.1. The zero-order valence-electron chi connectivity index (χ0n) is 9.58. The third-order valence-corrected chi connectivity index (χ3v) is 2.67. The van der Waals surface area contributed by atoms with Crippen LogP contribution in [0.25, 0.3) is 0 Å². The van der Waals surface area contributed by atoms with Gasteiger partial charge in [-0.15, -0.1) is 13.2 Å². The van der Waals surface area contributed by atoms with Crippen LogP contribution in [0.2, 0.25) is 5.02 Å². The molecule has 1 rings (SSSR count). The highest BCUT2D eigenvalue weighted by molar-refractivity contribution is 6.32. The van der Waals surface area contributed by atoms with Gasteiger partial charge in [-0.3, -0.25) is 4.79 Å². The molecule has 0 aromatic heterocycles. The molecule has 4 nitrogen and oxygen atoms in total. The molecule has 0 saturated heterocycles. The molecule has 0 aliphatic rings. The van der Waals surface area contributed by atoms with Gasteiger partial charge < -0.3 is 15.6 Å². The minimum atomic E-state index is -4.87. The number of alkyl halides is 3. The van der Waals surface area contributed by atoms with Crippen LogP contribution in [0.4, 0.5) is 13.2 Å². The highest BCUT2D eigenvalue weighted by Gasteiger charge is 2.32. The second-order valence-electron chi connectivity index (χ2n) is 3.77. The first-order chi connectivity index (χ1) is 8.73. The van der Waals surface area contributed by atoms with Gasteiger partial charge in [-0.05, 0) is 24.2 Å². The molecule has 0 spiro atoms. The predicted octanol–water partition coefficient (Wildman–Crippen LogP) is 2.76. The lowest BCUT2D eigenvalue weighted by Crippen LogP contribution is -2.19. The lowest BCUT2D eigenvalue weighted by Gasteiger charge is -2.16. The Morgan fingerprint density at radius 3 is 2.58 bits per heavy atom. The lowest BCUT2D eigenvalue weighted by molar-refractivity contribution is -0.274. The first-order valence-corrected chi connectivity index (χ1v) is 5.57. The Hall–Kier alpha value is -1.47. The summed E-state index contributed by atoms with van der Waals surface area (Å²) in [5, 5.41) is 8.48. The van der Waals surface area contributed by atoms with E-state index in [-0.39, 0.29) is 18.0 Å². The number of ether oxygens (including phenoxy) is 1. The summed E-state index contributed by atoms with van der Waals surface area (Å²) in [7, 11) is 0. The van der Waals surface area contributed by atoms with Crippen molar-refractivity contribution in [2.75, 3.05) is 6.54 Å². The van der Waals surface area contributed by atoms with E-state index in [1.807, 2.05) is 0 Å². The topological polar surface area (TPSA) is 72.6 Å². The van der Waals surface area contributed by atoms with Crippen LogP contribution < -0.4 is 10.5 Å². The molecule has 0 fully saturated rings. The standard InChI is InChI=1S/C11H11ClF3NO3/c12-8-2-1-6(7(5-16)4-10(17)18)3-9(8)19-11(13,14)15/h1-3,7H,4-5,16H2,(H,17,18)/t7-/m0/s1. The molecule has 3 N–H and O–H groups in total. The molecule has 1 aromatic rings. The molecular formula is C11H11ClF3NO3. The molecule has 106 valence electrons. The van der Waals surface area contributed by atoms with Gasteiger partial charge >= 0.3 is 12.3 Å². The zero-order valence-corrected chi connectivity index (χ0v) is 10.3. The molecule has 1 aromatic carbocycles. The smallest absolute Gasteiger partial charge is 0.481 e. The third kappa shape index (κ3) is 4.96. The van der Waals surface area contributed by atoms with E-state index in [2.05, 4.69) is 4.74 Å². The summed E-state index contributed by atoms with van der Waals surface area (Å²) < 4.78 is 40.2. The lowest BCUT2D eigenvalue weighted by atomic mass is 9.96. The Bertz CT molecular complexity index is 465. The van der Waals surface area contributed by atoms with Gasteiger partial charge in [-0.1, -0.05) is 17.7 Å². The fraction of sp³-hybridized carbons (Fsp3) is 0.364. The minimum absolute atomic E-state index is 0.0145. The van der Waals surface area contributed by atoms with Crippen molar-refractivity contribution in [3.05, 3.63) is 28.8 Å². The Balaban J connectivity index is 3.03. The maximum Gasteiger partial charge on any atom is 0.573 e. The van der Waals surface area contributed by atoms with E-state index in [1.54, 1.807) is 0 Å². The van der Waals surface area contributed by atoms with Crippen molar-refractivity contribution in [1.82, 2.24) is 0 Å². The molecule has 1 atom stereocenters. The van der Waals surface area contributed by atoms with Gasteiger partial charge in [0.15, 0.2) is 0 Å². The fourth-order valence-corrected chi connectivity index (χ4v) is 1.68. The van der Waals surface area contributed by atoms with E-state index >= 15 is 0 Å². The number of halogens is 4. The van der Waals surface area contributed by atoms with Crippen LogP contribution >= 0.6 is 11.6 Å². The Kier molecular flexibility index (Phi) is 5.02. The highest BCUT2D eigenvalue weighted by Crippen LogP contribution is 2.33. The van der Waals surface area contributed by atoms with Crippen LogP contribution in [0.15, 0.2) is 18.2 Å². The summed E-state index contributed by atoms with van der Waals surface area (Å²) in [4.78, 5) is 10.6. The first kappa shape index (κ1) is 15.6. The summed E-state index contributed by atoms with van der Waals surface area (Å²) in [5.41, 5.74) is 5.74. The number of hydrogen-bond donors (Lipinski definition) is 2. The summed E-state index contributed by atoms with van der Waals surface area (Å²) in [6, 6.07) is 3.69. The van der Waals surface area contributed by atoms with Crippen LogP contribution in [0.5, 0.6) is 5.75 Å². The number of carboxylic acids is 1. The second-order valence-corrected chi connectivity index (χ2v) is 4.18. The number of aliphatic carboxylic acids is 1. The third-order valence-electron chi connectivity index (χ3n) is 2.36. The first-order valence-electron chi connectivity index (χ1n) is 5.20. The number of benzene rings is 1. The second kappa shape index (κ2) is 6.12. The van der Waals surface area contributed by atoms with E-state index in [0.717, 1.165) is 6.07 Å². The zero-order chi connectivity index (χ0) is 14.6. The molecule has 0 saturated carbocycles. The fourth-order valence-electron chi connectivity index (χ4n) is 1.52. The van der Waals surface area contributed by atoms with Crippen molar-refractivity contribution >= 4 is 17.6 Å². The monoisotopic (exact) mass is 297 g/mol. The predicted molar refractivity (Wildman–Crippen MR) is 62.2 cm³/mol. The van der Waals surface area contributed by atoms with Crippen molar-refractivity contribution in [1.29, 1.82) is 0 Å². The van der Waals surface area contributed by atoms with Gasteiger partial charge in [0.25, 0.3) is 0 Å². The van der Waals surface area contributed by atoms with Crippen molar-refractivity contribution in [2.45, 2.75) is 18.7 Å². The molecule has 0 radical (unpaired) electrons. The largest absolute Gasteiger partial charge is 0.573 e. The molecule has 19 heavy (non-hydrogen) atoms. The summed E-state index contributed by atoms with van der Waals surface area (Å²) in [6.07, 6.45) is -5.16. The van der Waals surface area contributed by atoms with Crippen molar-refractivity contribution in [3.8, 4) is 5.75 Å². The molecule has 0 unspecified atom stereocenters. The Labute approximate surface area is 111 Å². The maximum absolute atomic E-state index is 12.1. The van der Waals surface area contributed by atoms with E-state index in [1.165, 1.54) is 12.1 Å². The van der Waals surface area contributed by atoms with E-state index in [4.69, 9.17) is 22.4 Å². The molecule has 0 heterocycles. The Morgan fingerprint density at radius 1 is 1.47 bits per heavy atom. The number of rotatable bonds is 5. The quantitative estimate of drug-likeness (QED) is 0.876. The summed E-state index contributed by atoms with van der Waals surface area (Å²) in [5.74, 6) is -2.27. The number of hydrogen-bond acceptors (Lipinski definition) is 3. The highest BCUT2D eigenvalue weighted by atomic mass is 35.5. The van der Waals surface area contributed by atoms with Gasteiger partial charge in [0.1, 0.15) is 5.75 Å². The van der Waals surface area contributed by atoms with Crippen LogP contribution in [0.1, 0.15) is 17.9 Å². The van der Waals surface area contributed by atoms with Crippen LogP contribution in [0, 0.1) is 0 Å². The normalized spacial score (nSPS) is 13.1. The van der Waals surface area contributed by atoms with Crippen LogP contribution in [-0.4, -0.2) is 24.0 Å². The van der Waals surface area contributed by atoms with Crippen molar-refractivity contribution in [3.63, 3.8) is 0 Å². The van der Waals surface area contributed by atoms with E-state index < -0.39 is 24.0 Å². The van der Waals surface area contributed by atoms with Gasteiger partial charge in [-0.25, -0.2) is 0 Å². The molecule has 0 amide bonds. The average molecular weight is 298 g/mol. The molecule has 0 bridgehead atoms. The summed E-state index contributed by atoms with van der Waals surface area (Å²) >= 11 is 5.58. The van der Waals surface area contributed by atoms with Gasteiger partial charge in [0, 0.05) is 5.92 Å². The van der Waals surface area contributed by atoms with Crippen LogP contribution in [0.3, 0.4) is 0 Å². The molecule has 0 aliphatic carbocycles. The Morgan fingerprint density at radius 2 is 2.11 bits per heavy atom. The van der Waals surface area contributed by atoms with Crippen molar-refractivity contribution in [2.24, 2.45) is 5.73 Å². The number of carbonyl (C=O) groups is 1. The van der Waals surface area contributed by atoms with Gasteiger partial charge in [0.05, 0.1) is 11.4 Å². The average Bonchev–Trinajstić information content (AvgIpc) is 2.27. The van der Waals surface area contributed by atoms with Crippen LogP contribution in [-0.2, 0) is 4.79 Å². The van der Waals surface area contributed by atoms with Gasteiger partial charge in [-0.2, -0.15) is 0 Å². The van der Waals surface area contributed by atoms with Gasteiger partial charge in [0.2, 0.25) is 0 Å². The molecular weight excluding hydrogens is 287 g/mol. The van der Waals surface area contributed by atoms with E-state index in [0.29, 0.717) is 5.56 Å². The number of nitrogens with two attached hydrogens (primary N) is 1. The minimum Gasteiger partial charge on any atom is -0.481 e. The molecule has 0 aliphatic heterocycles. The SMILES string of the molecule is NC[C@H](CC(=O)O)c1ccc(Cl)c(OC(F)(F)F)c1. The van der Waals surface area contributed by atoms with E-state index in [9.17, 15) is 18.0 Å². The number of carboxylic acid groups (broad SMARTS) is 1.